The molecule has 3 aromatic carbocycles. The van der Waals surface area contributed by atoms with Crippen LogP contribution in [0, 0.1) is 3.57 Å². The van der Waals surface area contributed by atoms with Crippen molar-refractivity contribution in [2.24, 2.45) is 0 Å². The largest absolute Gasteiger partial charge is 0.115 e. The van der Waals surface area contributed by atoms with Gasteiger partial charge in [-0.3, -0.25) is 0 Å². The summed E-state index contributed by atoms with van der Waals surface area (Å²) in [6.45, 7) is -1.90. The quantitative estimate of drug-likeness (QED) is 0.323. The van der Waals surface area contributed by atoms with Crippen molar-refractivity contribution < 1.29 is 0 Å². The van der Waals surface area contributed by atoms with Gasteiger partial charge in [0.1, 0.15) is 0 Å². The van der Waals surface area contributed by atoms with Crippen LogP contribution in [0.5, 0.6) is 0 Å². The van der Waals surface area contributed by atoms with Crippen molar-refractivity contribution in [3.63, 3.8) is 0 Å². The highest BCUT2D eigenvalue weighted by atomic mass is 32.2. The molecular formula is C23H19PS4. The van der Waals surface area contributed by atoms with Gasteiger partial charge in [-0.1, -0.05) is 91.0 Å². The number of hydrogen-bond donors (Lipinski definition) is 0. The lowest BCUT2D eigenvalue weighted by atomic mass is 10.4. The van der Waals surface area contributed by atoms with Gasteiger partial charge in [0, 0.05) is 18.4 Å². The molecule has 0 radical (unpaired) electrons. The van der Waals surface area contributed by atoms with Gasteiger partial charge in [0.05, 0.1) is 12.0 Å². The van der Waals surface area contributed by atoms with E-state index in [-0.39, 0.29) is 0 Å². The van der Waals surface area contributed by atoms with Crippen molar-refractivity contribution >= 4 is 69.0 Å². The molecule has 0 atom stereocenters. The molecule has 0 aliphatic carbocycles. The Labute approximate surface area is 182 Å². The number of rotatable bonds is 3. The minimum atomic E-state index is -1.90. The Kier molecular flexibility index (Phi) is 5.58. The van der Waals surface area contributed by atoms with E-state index < -0.39 is 6.89 Å². The monoisotopic (exact) mass is 454 g/mol. The Bertz CT molecular complexity index is 1030. The van der Waals surface area contributed by atoms with E-state index in [1.165, 1.54) is 35.8 Å². The Morgan fingerprint density at radius 1 is 0.500 bits per heavy atom. The van der Waals surface area contributed by atoms with Gasteiger partial charge in [0.25, 0.3) is 0 Å². The van der Waals surface area contributed by atoms with E-state index in [1.807, 2.05) is 46.2 Å². The van der Waals surface area contributed by atoms with Crippen LogP contribution in [0.15, 0.2) is 99.4 Å². The van der Waals surface area contributed by atoms with Gasteiger partial charge in [-0.15, -0.1) is 46.2 Å². The molecular weight excluding hydrogens is 435 g/mol. The fourth-order valence-electron chi connectivity index (χ4n) is 3.56. The topological polar surface area (TPSA) is 0 Å². The Balaban J connectivity index is 2.00. The van der Waals surface area contributed by atoms with Gasteiger partial charge in [-0.2, -0.15) is 0 Å². The minimum absolute atomic E-state index is 1.22. The van der Waals surface area contributed by atoms with Crippen molar-refractivity contribution in [1.82, 2.24) is 0 Å². The normalized spacial score (nSPS) is 13.9. The lowest BCUT2D eigenvalue weighted by Gasteiger charge is -2.27. The molecule has 0 fully saturated rings. The third kappa shape index (κ3) is 3.26. The molecule has 0 nitrogen and oxygen atoms in total. The van der Waals surface area contributed by atoms with E-state index in [0.717, 1.165) is 0 Å². The number of hydrogen-bond acceptors (Lipinski definition) is 4. The SMILES string of the molecule is c1ccc(P(c2ccccc2)(c2ccccc2)=c2sc3c(s2)SCCS3)cc1. The van der Waals surface area contributed by atoms with Gasteiger partial charge in [0.2, 0.25) is 0 Å². The number of fused-ring (bicyclic) bond motifs is 1. The highest BCUT2D eigenvalue weighted by molar-refractivity contribution is 8.08. The van der Waals surface area contributed by atoms with Crippen LogP contribution in [-0.4, -0.2) is 11.5 Å². The van der Waals surface area contributed by atoms with E-state index >= 15 is 0 Å². The molecule has 0 saturated carbocycles. The first kappa shape index (κ1) is 18.8. The molecule has 1 aliphatic rings. The minimum Gasteiger partial charge on any atom is -0.115 e. The third-order valence-electron chi connectivity index (χ3n) is 4.78. The van der Waals surface area contributed by atoms with Gasteiger partial charge < -0.3 is 0 Å². The van der Waals surface area contributed by atoms with Crippen molar-refractivity contribution in [2.75, 3.05) is 11.5 Å². The molecule has 0 amide bonds. The molecule has 4 aromatic rings. The Morgan fingerprint density at radius 2 is 0.857 bits per heavy atom. The first-order valence-corrected chi connectivity index (χ1v) is 14.6. The van der Waals surface area contributed by atoms with Crippen LogP contribution < -0.4 is 15.9 Å². The fraction of sp³-hybridized carbons (Fsp3) is 0.0870. The summed E-state index contributed by atoms with van der Waals surface area (Å²) >= 11 is 8.15. The predicted molar refractivity (Wildman–Crippen MR) is 132 cm³/mol. The summed E-state index contributed by atoms with van der Waals surface area (Å²) in [6, 6.07) is 33.5. The van der Waals surface area contributed by atoms with Crippen molar-refractivity contribution in [2.45, 2.75) is 8.42 Å². The molecule has 28 heavy (non-hydrogen) atoms. The lowest BCUT2D eigenvalue weighted by Crippen LogP contribution is -2.25. The first-order valence-electron chi connectivity index (χ1n) is 9.18. The third-order valence-corrected chi connectivity index (χ3v) is 16.1. The van der Waals surface area contributed by atoms with E-state index in [1.54, 1.807) is 3.57 Å². The van der Waals surface area contributed by atoms with Crippen LogP contribution in [0.1, 0.15) is 0 Å². The molecule has 5 heteroatoms. The van der Waals surface area contributed by atoms with E-state index in [2.05, 4.69) is 91.0 Å². The zero-order valence-electron chi connectivity index (χ0n) is 15.2. The van der Waals surface area contributed by atoms with Crippen LogP contribution in [0.4, 0.5) is 0 Å². The fourth-order valence-corrected chi connectivity index (χ4v) is 16.3. The summed E-state index contributed by atoms with van der Waals surface area (Å²) in [6.07, 6.45) is 0. The maximum atomic E-state index is 2.33. The van der Waals surface area contributed by atoms with Crippen LogP contribution in [0.3, 0.4) is 0 Å². The zero-order chi connectivity index (χ0) is 18.8. The van der Waals surface area contributed by atoms with Crippen LogP contribution in [-0.2, 0) is 0 Å². The average Bonchev–Trinajstić information content (AvgIpc) is 3.21. The average molecular weight is 455 g/mol. The highest BCUT2D eigenvalue weighted by Gasteiger charge is 2.29. The summed E-state index contributed by atoms with van der Waals surface area (Å²) < 4.78 is 4.59. The number of benzene rings is 3. The summed E-state index contributed by atoms with van der Waals surface area (Å²) in [5.41, 5.74) is 0. The second kappa shape index (κ2) is 8.30. The maximum absolute atomic E-state index is 2.33. The maximum Gasteiger partial charge on any atom is 0.0901 e. The highest BCUT2D eigenvalue weighted by Crippen LogP contribution is 2.55. The second-order valence-electron chi connectivity index (χ2n) is 6.42. The van der Waals surface area contributed by atoms with Gasteiger partial charge in [0.15, 0.2) is 0 Å². The first-order chi connectivity index (χ1) is 13.9. The molecule has 1 aliphatic heterocycles. The zero-order valence-corrected chi connectivity index (χ0v) is 19.3. The lowest BCUT2D eigenvalue weighted by molar-refractivity contribution is 1.42. The molecule has 0 unspecified atom stereocenters. The molecule has 5 rings (SSSR count). The summed E-state index contributed by atoms with van der Waals surface area (Å²) in [7, 11) is 0. The molecule has 0 spiro atoms. The smallest absolute Gasteiger partial charge is 0.0901 e. The van der Waals surface area contributed by atoms with Crippen molar-refractivity contribution in [3.8, 4) is 0 Å². The second-order valence-corrected chi connectivity index (χ2v) is 15.4. The predicted octanol–water partition coefficient (Wildman–Crippen LogP) is 6.53. The van der Waals surface area contributed by atoms with Gasteiger partial charge >= 0.3 is 0 Å². The molecule has 1 aromatic heterocycles. The van der Waals surface area contributed by atoms with E-state index in [0.29, 0.717) is 0 Å². The van der Waals surface area contributed by atoms with Crippen molar-refractivity contribution in [3.05, 3.63) is 94.6 Å². The Hall–Kier alpha value is -1.16. The van der Waals surface area contributed by atoms with Gasteiger partial charge in [-0.05, 0) is 15.9 Å². The van der Waals surface area contributed by atoms with E-state index in [9.17, 15) is 0 Å². The van der Waals surface area contributed by atoms with Crippen molar-refractivity contribution in [1.29, 1.82) is 0 Å². The molecule has 140 valence electrons. The Morgan fingerprint density at radius 3 is 1.21 bits per heavy atom. The molecule has 0 bridgehead atoms. The number of thioether (sulfide) groups is 2. The van der Waals surface area contributed by atoms with E-state index in [4.69, 9.17) is 0 Å². The summed E-state index contributed by atoms with van der Waals surface area (Å²) in [5, 5.41) is 4.33. The van der Waals surface area contributed by atoms with Crippen LogP contribution in [0.2, 0.25) is 0 Å². The standard InChI is InChI=1S/C23H19PS4/c1-4-10-18(11-5-1)24(19-12-6-2-7-13-19,20-14-8-3-9-15-20)23-27-21-22(28-23)26-17-16-25-21/h1-15H,16-17H2. The van der Waals surface area contributed by atoms with Crippen LogP contribution in [0.25, 0.3) is 0 Å². The summed E-state index contributed by atoms with van der Waals surface area (Å²) in [4.78, 5) is 0. The summed E-state index contributed by atoms with van der Waals surface area (Å²) in [5.74, 6) is 2.44. The van der Waals surface area contributed by atoms with Gasteiger partial charge in [-0.25, -0.2) is 0 Å². The molecule has 0 saturated heterocycles. The van der Waals surface area contributed by atoms with Crippen LogP contribution >= 0.6 is 53.1 Å². The molecule has 2 heterocycles. The molecule has 0 N–H and O–H groups in total.